The number of hydrogen-bond acceptors (Lipinski definition) is 5. The third-order valence-electron chi connectivity index (χ3n) is 4.60. The number of ether oxygens (including phenoxy) is 1. The van der Waals surface area contributed by atoms with Gasteiger partial charge in [0.2, 0.25) is 0 Å². The number of imidazole rings is 1. The number of nitrogens with one attached hydrogen (secondary N) is 2. The van der Waals surface area contributed by atoms with Gasteiger partial charge in [0.05, 0.1) is 12.8 Å². The number of benzene rings is 1. The number of carbonyl (C=O) groups is 1. The SMILES string of the molecule is COc1ccc(-c2cn3c(C(=O)NC[C@H]4CCNC4)csc3n2)cc1F. The molecule has 8 heteroatoms. The summed E-state index contributed by atoms with van der Waals surface area (Å²) in [6.45, 7) is 2.61. The van der Waals surface area contributed by atoms with Crippen LogP contribution in [-0.4, -0.2) is 42.0 Å². The molecule has 1 saturated heterocycles. The minimum atomic E-state index is -0.440. The molecule has 2 N–H and O–H groups in total. The molecule has 0 saturated carbocycles. The zero-order valence-corrected chi connectivity index (χ0v) is 15.1. The van der Waals surface area contributed by atoms with E-state index in [-0.39, 0.29) is 11.7 Å². The van der Waals surface area contributed by atoms with Crippen LogP contribution in [0.2, 0.25) is 0 Å². The number of nitrogens with zero attached hydrogens (tertiary/aromatic N) is 2. The summed E-state index contributed by atoms with van der Waals surface area (Å²) in [5.74, 6) is 0.113. The van der Waals surface area contributed by atoms with E-state index in [1.165, 1.54) is 24.5 Å². The molecular weight excluding hydrogens is 355 g/mol. The lowest BCUT2D eigenvalue weighted by Gasteiger charge is -2.09. The molecular formula is C18H19FN4O2S. The predicted octanol–water partition coefficient (Wildman–Crippen LogP) is 2.55. The van der Waals surface area contributed by atoms with Crippen molar-refractivity contribution >= 4 is 22.2 Å². The van der Waals surface area contributed by atoms with E-state index in [1.54, 1.807) is 28.1 Å². The molecule has 0 aliphatic carbocycles. The summed E-state index contributed by atoms with van der Waals surface area (Å²) in [5, 5.41) is 8.08. The number of carbonyl (C=O) groups excluding carboxylic acids is 1. The second kappa shape index (κ2) is 7.05. The Morgan fingerprint density at radius 1 is 1.54 bits per heavy atom. The van der Waals surface area contributed by atoms with Crippen molar-refractivity contribution in [3.8, 4) is 17.0 Å². The van der Waals surface area contributed by atoms with Gasteiger partial charge in [-0.1, -0.05) is 0 Å². The first-order chi connectivity index (χ1) is 12.7. The second-order valence-corrected chi connectivity index (χ2v) is 7.15. The number of rotatable bonds is 5. The van der Waals surface area contributed by atoms with E-state index in [9.17, 15) is 9.18 Å². The van der Waals surface area contributed by atoms with Crippen LogP contribution in [0.4, 0.5) is 4.39 Å². The molecule has 6 nitrogen and oxygen atoms in total. The Morgan fingerprint density at radius 3 is 3.15 bits per heavy atom. The molecule has 0 unspecified atom stereocenters. The summed E-state index contributed by atoms with van der Waals surface area (Å²) in [4.78, 5) is 17.7. The maximum absolute atomic E-state index is 13.9. The van der Waals surface area contributed by atoms with Crippen molar-refractivity contribution < 1.29 is 13.9 Å². The number of methoxy groups -OCH3 is 1. The van der Waals surface area contributed by atoms with Crippen molar-refractivity contribution in [2.45, 2.75) is 6.42 Å². The molecule has 3 aromatic rings. The number of hydrogen-bond donors (Lipinski definition) is 2. The fourth-order valence-corrected chi connectivity index (χ4v) is 3.98. The van der Waals surface area contributed by atoms with Crippen LogP contribution in [0.15, 0.2) is 29.8 Å². The summed E-state index contributed by atoms with van der Waals surface area (Å²) >= 11 is 1.39. The molecule has 3 heterocycles. The summed E-state index contributed by atoms with van der Waals surface area (Å²) in [7, 11) is 1.43. The van der Waals surface area contributed by atoms with Crippen LogP contribution in [0, 0.1) is 11.7 Å². The number of halogens is 1. The minimum Gasteiger partial charge on any atom is -0.494 e. The standard InChI is InChI=1S/C18H19FN4O2S/c1-25-16-3-2-12(6-13(16)19)14-9-23-15(10-26-18(23)22-14)17(24)21-8-11-4-5-20-7-11/h2-3,6,9-11,20H,4-5,7-8H2,1H3,(H,21,24)/t11-/m0/s1. The van der Waals surface area contributed by atoms with Crippen molar-refractivity contribution in [1.29, 1.82) is 0 Å². The first kappa shape index (κ1) is 17.0. The van der Waals surface area contributed by atoms with E-state index in [4.69, 9.17) is 4.74 Å². The van der Waals surface area contributed by atoms with Gasteiger partial charge in [0, 0.05) is 23.7 Å². The monoisotopic (exact) mass is 374 g/mol. The van der Waals surface area contributed by atoms with E-state index in [1.807, 2.05) is 0 Å². The molecule has 1 aliphatic rings. The molecule has 4 rings (SSSR count). The molecule has 26 heavy (non-hydrogen) atoms. The van der Waals surface area contributed by atoms with Crippen LogP contribution in [0.1, 0.15) is 16.9 Å². The predicted molar refractivity (Wildman–Crippen MR) is 98.3 cm³/mol. The van der Waals surface area contributed by atoms with Crippen LogP contribution in [0.5, 0.6) is 5.75 Å². The lowest BCUT2D eigenvalue weighted by atomic mass is 10.1. The molecule has 0 radical (unpaired) electrons. The Morgan fingerprint density at radius 2 is 2.42 bits per heavy atom. The van der Waals surface area contributed by atoms with E-state index >= 15 is 0 Å². The third kappa shape index (κ3) is 3.17. The quantitative estimate of drug-likeness (QED) is 0.720. The smallest absolute Gasteiger partial charge is 0.269 e. The minimum absolute atomic E-state index is 0.118. The zero-order valence-electron chi connectivity index (χ0n) is 14.3. The van der Waals surface area contributed by atoms with Gasteiger partial charge < -0.3 is 15.4 Å². The van der Waals surface area contributed by atoms with Crippen LogP contribution in [0.3, 0.4) is 0 Å². The molecule has 0 bridgehead atoms. The van der Waals surface area contributed by atoms with E-state index < -0.39 is 5.82 Å². The van der Waals surface area contributed by atoms with Gasteiger partial charge in [0.1, 0.15) is 5.69 Å². The molecule has 1 atom stereocenters. The van der Waals surface area contributed by atoms with Crippen molar-refractivity contribution in [3.05, 3.63) is 41.3 Å². The Hall–Kier alpha value is -2.45. The van der Waals surface area contributed by atoms with Crippen molar-refractivity contribution in [3.63, 3.8) is 0 Å². The maximum Gasteiger partial charge on any atom is 0.269 e. The Labute approximate surface area is 154 Å². The van der Waals surface area contributed by atoms with Gasteiger partial charge >= 0.3 is 0 Å². The van der Waals surface area contributed by atoms with E-state index in [0.717, 1.165) is 19.5 Å². The molecule has 1 aliphatic heterocycles. The molecule has 136 valence electrons. The van der Waals surface area contributed by atoms with Gasteiger partial charge in [-0.3, -0.25) is 9.20 Å². The van der Waals surface area contributed by atoms with Crippen LogP contribution in [0.25, 0.3) is 16.2 Å². The van der Waals surface area contributed by atoms with Crippen LogP contribution < -0.4 is 15.4 Å². The van der Waals surface area contributed by atoms with Crippen molar-refractivity contribution in [2.75, 3.05) is 26.7 Å². The fourth-order valence-electron chi connectivity index (χ4n) is 3.13. The maximum atomic E-state index is 13.9. The van der Waals surface area contributed by atoms with Gasteiger partial charge in [-0.2, -0.15) is 0 Å². The summed E-state index contributed by atoms with van der Waals surface area (Å²) in [5.41, 5.74) is 1.80. The number of fused-ring (bicyclic) bond motifs is 1. The van der Waals surface area contributed by atoms with Gasteiger partial charge in [-0.25, -0.2) is 9.37 Å². The summed E-state index contributed by atoms with van der Waals surface area (Å²) in [6.07, 6.45) is 2.84. The first-order valence-electron chi connectivity index (χ1n) is 8.45. The van der Waals surface area contributed by atoms with E-state index in [2.05, 4.69) is 15.6 Å². The molecule has 2 aromatic heterocycles. The van der Waals surface area contributed by atoms with Gasteiger partial charge in [0.25, 0.3) is 5.91 Å². The highest BCUT2D eigenvalue weighted by molar-refractivity contribution is 7.15. The lowest BCUT2D eigenvalue weighted by molar-refractivity contribution is 0.0942. The molecule has 1 amide bonds. The van der Waals surface area contributed by atoms with Gasteiger partial charge in [-0.05, 0) is 43.6 Å². The van der Waals surface area contributed by atoms with Crippen LogP contribution >= 0.6 is 11.3 Å². The Balaban J connectivity index is 1.56. The summed E-state index contributed by atoms with van der Waals surface area (Å²) in [6, 6.07) is 4.71. The van der Waals surface area contributed by atoms with Crippen LogP contribution in [-0.2, 0) is 0 Å². The largest absolute Gasteiger partial charge is 0.494 e. The molecule has 1 aromatic carbocycles. The topological polar surface area (TPSA) is 67.7 Å². The average molecular weight is 374 g/mol. The number of aromatic nitrogens is 2. The van der Waals surface area contributed by atoms with Crippen molar-refractivity contribution in [1.82, 2.24) is 20.0 Å². The highest BCUT2D eigenvalue weighted by Gasteiger charge is 2.19. The molecule has 0 spiro atoms. The highest BCUT2D eigenvalue weighted by atomic mass is 32.1. The Kier molecular flexibility index (Phi) is 4.60. The fraction of sp³-hybridized carbons (Fsp3) is 0.333. The third-order valence-corrected chi connectivity index (χ3v) is 5.44. The average Bonchev–Trinajstić information content (AvgIpc) is 3.36. The van der Waals surface area contributed by atoms with Crippen molar-refractivity contribution in [2.24, 2.45) is 5.92 Å². The number of thiazole rings is 1. The number of amides is 1. The highest BCUT2D eigenvalue weighted by Crippen LogP contribution is 2.27. The van der Waals surface area contributed by atoms with Gasteiger partial charge in [-0.15, -0.1) is 11.3 Å². The van der Waals surface area contributed by atoms with Gasteiger partial charge in [0.15, 0.2) is 16.5 Å². The first-order valence-corrected chi connectivity index (χ1v) is 9.33. The second-order valence-electron chi connectivity index (χ2n) is 6.32. The molecule has 1 fully saturated rings. The van der Waals surface area contributed by atoms with E-state index in [0.29, 0.717) is 34.4 Å². The zero-order chi connectivity index (χ0) is 18.1. The Bertz CT molecular complexity index is 946. The normalized spacial score (nSPS) is 16.9. The lowest BCUT2D eigenvalue weighted by Crippen LogP contribution is -2.30. The summed E-state index contributed by atoms with van der Waals surface area (Å²) < 4.78 is 20.6.